The zero-order chi connectivity index (χ0) is 24.4. The molecule has 0 radical (unpaired) electrons. The molecule has 1 aliphatic rings. The summed E-state index contributed by atoms with van der Waals surface area (Å²) in [4.78, 5) is 32.7. The molecule has 0 saturated carbocycles. The normalized spacial score (nSPS) is 18.6. The van der Waals surface area contributed by atoms with E-state index in [0.29, 0.717) is 23.1 Å². The standard InChI is InChI=1S/C27H28ClN5O2/c1-16(26(34)32-14-18-10-22-23(28)15-31-25(22)30-13-18)33-27(35)24-11-17(12-29-24)9-20-7-4-6-19-5-2-3-8-21(19)20/h2-8,10,13,15-17,24,29H,9,11-12,14H2,1H3,(H,30,31)(H,32,34)(H,33,35)/t16-,17-,24+/m0/s1. The van der Waals surface area contributed by atoms with Gasteiger partial charge in [0.15, 0.2) is 0 Å². The maximum atomic E-state index is 12.8. The van der Waals surface area contributed by atoms with E-state index in [2.05, 4.69) is 62.3 Å². The number of fused-ring (bicyclic) bond motifs is 2. The van der Waals surface area contributed by atoms with E-state index >= 15 is 0 Å². The van der Waals surface area contributed by atoms with Crippen molar-refractivity contribution < 1.29 is 9.59 Å². The number of H-pyrrole nitrogens is 1. The first kappa shape index (κ1) is 23.3. The van der Waals surface area contributed by atoms with Crippen molar-refractivity contribution in [3.05, 3.63) is 77.1 Å². The molecule has 3 atom stereocenters. The molecule has 180 valence electrons. The second-order valence-corrected chi connectivity index (χ2v) is 9.64. The van der Waals surface area contributed by atoms with Gasteiger partial charge in [0, 0.05) is 24.3 Å². The second kappa shape index (κ2) is 10.1. The molecular formula is C27H28ClN5O2. The number of pyridine rings is 1. The summed E-state index contributed by atoms with van der Waals surface area (Å²) in [7, 11) is 0. The van der Waals surface area contributed by atoms with Gasteiger partial charge in [0.2, 0.25) is 11.8 Å². The highest BCUT2D eigenvalue weighted by Crippen LogP contribution is 2.25. The summed E-state index contributed by atoms with van der Waals surface area (Å²) >= 11 is 6.15. The summed E-state index contributed by atoms with van der Waals surface area (Å²) in [6.07, 6.45) is 5.03. The van der Waals surface area contributed by atoms with E-state index in [9.17, 15) is 9.59 Å². The Morgan fingerprint density at radius 1 is 1.17 bits per heavy atom. The Balaban J connectivity index is 1.12. The maximum absolute atomic E-state index is 12.8. The zero-order valence-electron chi connectivity index (χ0n) is 19.5. The lowest BCUT2D eigenvalue weighted by atomic mass is 9.93. The molecule has 2 aromatic carbocycles. The summed E-state index contributed by atoms with van der Waals surface area (Å²) in [6, 6.07) is 15.7. The van der Waals surface area contributed by atoms with Crippen LogP contribution in [0.15, 0.2) is 60.9 Å². The molecule has 0 spiro atoms. The summed E-state index contributed by atoms with van der Waals surface area (Å²) < 4.78 is 0. The van der Waals surface area contributed by atoms with E-state index < -0.39 is 6.04 Å². The first-order chi connectivity index (χ1) is 17.0. The fourth-order valence-electron chi connectivity index (χ4n) is 4.78. The number of benzene rings is 2. The van der Waals surface area contributed by atoms with Crippen molar-refractivity contribution in [2.45, 2.75) is 38.4 Å². The van der Waals surface area contributed by atoms with E-state index in [4.69, 9.17) is 11.6 Å². The molecule has 4 N–H and O–H groups in total. The number of carbonyl (C=O) groups excluding carboxylic acids is 2. The Bertz CT molecular complexity index is 1380. The molecular weight excluding hydrogens is 462 g/mol. The van der Waals surface area contributed by atoms with E-state index in [1.165, 1.54) is 16.3 Å². The van der Waals surface area contributed by atoms with Crippen molar-refractivity contribution in [2.75, 3.05) is 6.54 Å². The molecule has 1 saturated heterocycles. The van der Waals surface area contributed by atoms with Crippen LogP contribution in [0, 0.1) is 5.92 Å². The molecule has 5 rings (SSSR count). The number of hydrogen-bond donors (Lipinski definition) is 4. The van der Waals surface area contributed by atoms with Crippen LogP contribution in [-0.4, -0.2) is 40.4 Å². The molecule has 0 aliphatic carbocycles. The van der Waals surface area contributed by atoms with Crippen molar-refractivity contribution in [3.63, 3.8) is 0 Å². The molecule has 35 heavy (non-hydrogen) atoms. The number of aromatic amines is 1. The molecule has 8 heteroatoms. The van der Waals surface area contributed by atoms with Gasteiger partial charge >= 0.3 is 0 Å². The van der Waals surface area contributed by atoms with Gasteiger partial charge in [-0.15, -0.1) is 0 Å². The monoisotopic (exact) mass is 489 g/mol. The first-order valence-corrected chi connectivity index (χ1v) is 12.3. The quantitative estimate of drug-likeness (QED) is 0.318. The van der Waals surface area contributed by atoms with Gasteiger partial charge in [0.05, 0.1) is 11.1 Å². The number of nitrogens with zero attached hydrogens (tertiary/aromatic N) is 1. The second-order valence-electron chi connectivity index (χ2n) is 9.23. The van der Waals surface area contributed by atoms with E-state index in [0.717, 1.165) is 30.3 Å². The van der Waals surface area contributed by atoms with Gasteiger partial charge in [-0.2, -0.15) is 0 Å². The van der Waals surface area contributed by atoms with Crippen LogP contribution in [0.25, 0.3) is 21.8 Å². The summed E-state index contributed by atoms with van der Waals surface area (Å²) in [5.41, 5.74) is 2.84. The summed E-state index contributed by atoms with van der Waals surface area (Å²) in [5, 5.41) is 12.9. The SMILES string of the molecule is C[C@H](NC(=O)[C@H]1C[C@H](Cc2cccc3ccccc23)CN1)C(=O)NCc1cnc2[nH]cc(Cl)c2c1. The third-order valence-corrected chi connectivity index (χ3v) is 7.00. The van der Waals surface area contributed by atoms with Crippen molar-refractivity contribution in [1.29, 1.82) is 0 Å². The fraction of sp³-hybridized carbons (Fsp3) is 0.296. The number of carbonyl (C=O) groups is 2. The Morgan fingerprint density at radius 2 is 2.00 bits per heavy atom. The highest BCUT2D eigenvalue weighted by molar-refractivity contribution is 6.35. The largest absolute Gasteiger partial charge is 0.350 e. The molecule has 0 unspecified atom stereocenters. The number of nitrogens with one attached hydrogen (secondary N) is 4. The highest BCUT2D eigenvalue weighted by Gasteiger charge is 2.31. The van der Waals surface area contributed by atoms with Crippen LogP contribution in [0.2, 0.25) is 5.02 Å². The van der Waals surface area contributed by atoms with Gasteiger partial charge < -0.3 is 20.9 Å². The average Bonchev–Trinajstić information content (AvgIpc) is 3.49. The van der Waals surface area contributed by atoms with Crippen LogP contribution < -0.4 is 16.0 Å². The number of rotatable bonds is 7. The van der Waals surface area contributed by atoms with Crippen LogP contribution in [0.3, 0.4) is 0 Å². The van der Waals surface area contributed by atoms with Crippen LogP contribution >= 0.6 is 11.6 Å². The number of aromatic nitrogens is 2. The molecule has 2 amide bonds. The predicted molar refractivity (Wildman–Crippen MR) is 138 cm³/mol. The number of halogens is 1. The van der Waals surface area contributed by atoms with Gasteiger partial charge in [-0.05, 0) is 60.2 Å². The lowest BCUT2D eigenvalue weighted by Crippen LogP contribution is -2.49. The minimum atomic E-state index is -0.644. The van der Waals surface area contributed by atoms with Gasteiger partial charge in [0.1, 0.15) is 11.7 Å². The molecule has 2 aromatic heterocycles. The summed E-state index contributed by atoms with van der Waals surface area (Å²) in [6.45, 7) is 2.78. The Kier molecular flexibility index (Phi) is 6.70. The minimum absolute atomic E-state index is 0.143. The van der Waals surface area contributed by atoms with E-state index in [1.54, 1.807) is 19.3 Å². The summed E-state index contributed by atoms with van der Waals surface area (Å²) in [5.74, 6) is -0.0254. The third kappa shape index (κ3) is 5.16. The zero-order valence-corrected chi connectivity index (χ0v) is 20.2. The number of amides is 2. The Morgan fingerprint density at radius 3 is 2.89 bits per heavy atom. The molecule has 1 aliphatic heterocycles. The molecule has 3 heterocycles. The smallest absolute Gasteiger partial charge is 0.242 e. The van der Waals surface area contributed by atoms with Gasteiger partial charge in [-0.25, -0.2) is 4.98 Å². The Labute approximate surface area is 208 Å². The highest BCUT2D eigenvalue weighted by atomic mass is 35.5. The van der Waals surface area contributed by atoms with Crippen LogP contribution in [0.5, 0.6) is 0 Å². The average molecular weight is 490 g/mol. The molecule has 1 fully saturated rings. The fourth-order valence-corrected chi connectivity index (χ4v) is 4.98. The van der Waals surface area contributed by atoms with Crippen LogP contribution in [0.1, 0.15) is 24.5 Å². The minimum Gasteiger partial charge on any atom is -0.350 e. The van der Waals surface area contributed by atoms with Gasteiger partial charge in [0.25, 0.3) is 0 Å². The van der Waals surface area contributed by atoms with Crippen LogP contribution in [-0.2, 0) is 22.6 Å². The molecule has 0 bridgehead atoms. The van der Waals surface area contributed by atoms with Gasteiger partial charge in [-0.1, -0.05) is 54.1 Å². The van der Waals surface area contributed by atoms with Crippen LogP contribution in [0.4, 0.5) is 0 Å². The van der Waals surface area contributed by atoms with Crippen molar-refractivity contribution >= 4 is 45.2 Å². The lowest BCUT2D eigenvalue weighted by Gasteiger charge is -2.17. The third-order valence-electron chi connectivity index (χ3n) is 6.68. The lowest BCUT2D eigenvalue weighted by molar-refractivity contribution is -0.129. The van der Waals surface area contributed by atoms with E-state index in [-0.39, 0.29) is 17.9 Å². The maximum Gasteiger partial charge on any atom is 0.242 e. The predicted octanol–water partition coefficient (Wildman–Crippen LogP) is 3.71. The van der Waals surface area contributed by atoms with Crippen molar-refractivity contribution in [2.24, 2.45) is 5.92 Å². The Hall–Kier alpha value is -3.42. The first-order valence-electron chi connectivity index (χ1n) is 11.9. The van der Waals surface area contributed by atoms with E-state index in [1.807, 2.05) is 12.1 Å². The van der Waals surface area contributed by atoms with Crippen molar-refractivity contribution in [3.8, 4) is 0 Å². The topological polar surface area (TPSA) is 98.9 Å². The van der Waals surface area contributed by atoms with Gasteiger partial charge in [-0.3, -0.25) is 9.59 Å². The molecule has 4 aromatic rings. The molecule has 7 nitrogen and oxygen atoms in total. The number of hydrogen-bond acceptors (Lipinski definition) is 4. The van der Waals surface area contributed by atoms with Crippen molar-refractivity contribution in [1.82, 2.24) is 25.9 Å².